The molecule has 0 saturated carbocycles. The van der Waals surface area contributed by atoms with Gasteiger partial charge in [-0.2, -0.15) is 0 Å². The zero-order valence-corrected chi connectivity index (χ0v) is 15.9. The second-order valence-corrected chi connectivity index (χ2v) is 7.83. The Balaban J connectivity index is 2.13. The lowest BCUT2D eigenvalue weighted by Crippen LogP contribution is -2.17. The first kappa shape index (κ1) is 18.3. The van der Waals surface area contributed by atoms with Crippen molar-refractivity contribution in [3.05, 3.63) is 15.8 Å². The van der Waals surface area contributed by atoms with Crippen LogP contribution in [0.2, 0.25) is 0 Å². The molecular formula is C19H31NO2S. The van der Waals surface area contributed by atoms with E-state index in [2.05, 4.69) is 33.1 Å². The lowest BCUT2D eigenvalue weighted by atomic mass is 10.1. The minimum atomic E-state index is -0.124. The molecule has 1 aromatic rings. The molecule has 3 nitrogen and oxygen atoms in total. The van der Waals surface area contributed by atoms with Crippen LogP contribution < -0.4 is 4.74 Å². The highest BCUT2D eigenvalue weighted by Crippen LogP contribution is 2.35. The van der Waals surface area contributed by atoms with Crippen LogP contribution in [0.25, 0.3) is 0 Å². The number of hydrogen-bond acceptors (Lipinski definition) is 4. The summed E-state index contributed by atoms with van der Waals surface area (Å²) in [5.41, 5.74) is 1.20. The van der Waals surface area contributed by atoms with Crippen molar-refractivity contribution in [3.8, 4) is 5.75 Å². The SMILES string of the molecule is CCCCCOc1c(CCCCC)csc1C1=NC(C)(C)CO1. The molecule has 0 aliphatic carbocycles. The van der Waals surface area contributed by atoms with Crippen LogP contribution in [0.1, 0.15) is 76.7 Å². The highest BCUT2D eigenvalue weighted by atomic mass is 32.1. The molecule has 2 heterocycles. The summed E-state index contributed by atoms with van der Waals surface area (Å²) in [4.78, 5) is 5.81. The first-order valence-corrected chi connectivity index (χ1v) is 9.91. The van der Waals surface area contributed by atoms with Gasteiger partial charge in [0.05, 0.1) is 12.1 Å². The van der Waals surface area contributed by atoms with Gasteiger partial charge >= 0.3 is 0 Å². The van der Waals surface area contributed by atoms with Crippen LogP contribution in [0, 0.1) is 0 Å². The van der Waals surface area contributed by atoms with Crippen LogP contribution in [0.4, 0.5) is 0 Å². The molecule has 0 atom stereocenters. The van der Waals surface area contributed by atoms with Gasteiger partial charge in [0.1, 0.15) is 17.2 Å². The number of aliphatic imine (C=N–C) groups is 1. The normalized spacial score (nSPS) is 16.3. The van der Waals surface area contributed by atoms with Crippen LogP contribution in [-0.2, 0) is 11.2 Å². The monoisotopic (exact) mass is 337 g/mol. The standard InChI is InChI=1S/C19H31NO2S/c1-5-7-9-11-15-13-23-17(16(15)21-12-10-8-6-2)18-20-19(3,4)14-22-18/h13H,5-12,14H2,1-4H3. The van der Waals surface area contributed by atoms with Crippen molar-refractivity contribution in [2.75, 3.05) is 13.2 Å². The average molecular weight is 338 g/mol. The Kier molecular flexibility index (Phi) is 6.94. The second-order valence-electron chi connectivity index (χ2n) is 6.95. The highest BCUT2D eigenvalue weighted by molar-refractivity contribution is 7.12. The summed E-state index contributed by atoms with van der Waals surface area (Å²) >= 11 is 1.72. The summed E-state index contributed by atoms with van der Waals surface area (Å²) in [7, 11) is 0. The van der Waals surface area contributed by atoms with Crippen molar-refractivity contribution >= 4 is 17.2 Å². The van der Waals surface area contributed by atoms with Gasteiger partial charge in [-0.3, -0.25) is 0 Å². The molecule has 23 heavy (non-hydrogen) atoms. The Bertz CT molecular complexity index is 519. The molecule has 130 valence electrons. The van der Waals surface area contributed by atoms with E-state index in [1.54, 1.807) is 11.3 Å². The molecule has 1 aliphatic heterocycles. The maximum atomic E-state index is 6.17. The van der Waals surface area contributed by atoms with E-state index < -0.39 is 0 Å². The number of unbranched alkanes of at least 4 members (excludes halogenated alkanes) is 4. The van der Waals surface area contributed by atoms with Crippen LogP contribution in [0.3, 0.4) is 0 Å². The molecule has 0 amide bonds. The largest absolute Gasteiger partial charge is 0.492 e. The summed E-state index contributed by atoms with van der Waals surface area (Å²) in [5, 5.41) is 2.23. The maximum absolute atomic E-state index is 6.17. The van der Waals surface area contributed by atoms with Crippen molar-refractivity contribution in [1.29, 1.82) is 0 Å². The van der Waals surface area contributed by atoms with E-state index in [-0.39, 0.29) is 5.54 Å². The van der Waals surface area contributed by atoms with Gasteiger partial charge in [0.15, 0.2) is 0 Å². The Morgan fingerprint density at radius 2 is 1.91 bits per heavy atom. The maximum Gasteiger partial charge on any atom is 0.231 e. The van der Waals surface area contributed by atoms with Gasteiger partial charge in [-0.15, -0.1) is 11.3 Å². The van der Waals surface area contributed by atoms with Crippen molar-refractivity contribution in [1.82, 2.24) is 0 Å². The lowest BCUT2D eigenvalue weighted by Gasteiger charge is -2.10. The van der Waals surface area contributed by atoms with Crippen LogP contribution in [0.5, 0.6) is 5.75 Å². The molecule has 2 rings (SSSR count). The van der Waals surface area contributed by atoms with E-state index in [4.69, 9.17) is 14.5 Å². The van der Waals surface area contributed by atoms with E-state index in [1.807, 2.05) is 0 Å². The van der Waals surface area contributed by atoms with Crippen molar-refractivity contribution < 1.29 is 9.47 Å². The molecule has 0 bridgehead atoms. The van der Waals surface area contributed by atoms with E-state index in [1.165, 1.54) is 37.7 Å². The fraction of sp³-hybridized carbons (Fsp3) is 0.737. The quantitative estimate of drug-likeness (QED) is 0.520. The van der Waals surface area contributed by atoms with E-state index in [9.17, 15) is 0 Å². The zero-order valence-electron chi connectivity index (χ0n) is 15.1. The van der Waals surface area contributed by atoms with E-state index in [0.717, 1.165) is 36.0 Å². The van der Waals surface area contributed by atoms with E-state index in [0.29, 0.717) is 6.61 Å². The summed E-state index contributed by atoms with van der Waals surface area (Å²) < 4.78 is 12.0. The van der Waals surface area contributed by atoms with Crippen molar-refractivity contribution in [2.45, 2.75) is 78.2 Å². The molecule has 0 fully saturated rings. The van der Waals surface area contributed by atoms with Gasteiger partial charge in [-0.1, -0.05) is 39.5 Å². The van der Waals surface area contributed by atoms with Gasteiger partial charge in [0.25, 0.3) is 0 Å². The molecule has 0 unspecified atom stereocenters. The topological polar surface area (TPSA) is 30.8 Å². The second kappa shape index (κ2) is 8.72. The average Bonchev–Trinajstić information content (AvgIpc) is 3.07. The van der Waals surface area contributed by atoms with Crippen molar-refractivity contribution in [2.24, 2.45) is 4.99 Å². The number of hydrogen-bond donors (Lipinski definition) is 0. The Morgan fingerprint density at radius 3 is 2.57 bits per heavy atom. The first-order valence-electron chi connectivity index (χ1n) is 9.03. The summed E-state index contributed by atoms with van der Waals surface area (Å²) in [5.74, 6) is 1.80. The van der Waals surface area contributed by atoms with Gasteiger partial charge in [-0.25, -0.2) is 4.99 Å². The molecule has 0 aromatic carbocycles. The summed E-state index contributed by atoms with van der Waals surface area (Å²) in [6.45, 7) is 10.1. The molecule has 0 saturated heterocycles. The fourth-order valence-electron chi connectivity index (χ4n) is 2.65. The summed E-state index contributed by atoms with van der Waals surface area (Å²) in [6, 6.07) is 0. The molecule has 4 heteroatoms. The highest BCUT2D eigenvalue weighted by Gasteiger charge is 2.30. The Labute approximate surface area is 145 Å². The van der Waals surface area contributed by atoms with E-state index >= 15 is 0 Å². The Morgan fingerprint density at radius 1 is 1.17 bits per heavy atom. The number of ether oxygens (including phenoxy) is 2. The molecule has 0 spiro atoms. The predicted molar refractivity (Wildman–Crippen MR) is 99.1 cm³/mol. The third kappa shape index (κ3) is 5.23. The molecule has 1 aromatic heterocycles. The minimum Gasteiger partial charge on any atom is -0.492 e. The number of aryl methyl sites for hydroxylation is 1. The van der Waals surface area contributed by atoms with Gasteiger partial charge in [-0.05, 0) is 38.5 Å². The van der Waals surface area contributed by atoms with Crippen LogP contribution in [0.15, 0.2) is 10.4 Å². The Hall–Kier alpha value is -1.03. The summed E-state index contributed by atoms with van der Waals surface area (Å²) in [6.07, 6.45) is 8.36. The molecule has 1 aliphatic rings. The molecule has 0 N–H and O–H groups in total. The van der Waals surface area contributed by atoms with Crippen LogP contribution in [-0.4, -0.2) is 24.7 Å². The number of thiophene rings is 1. The van der Waals surface area contributed by atoms with Gasteiger partial charge in [0, 0.05) is 5.56 Å². The first-order chi connectivity index (χ1) is 11.1. The predicted octanol–water partition coefficient (Wildman–Crippen LogP) is 5.61. The van der Waals surface area contributed by atoms with Gasteiger partial charge < -0.3 is 9.47 Å². The number of rotatable bonds is 10. The van der Waals surface area contributed by atoms with Crippen LogP contribution >= 0.6 is 11.3 Å². The third-order valence-electron chi connectivity index (χ3n) is 4.02. The minimum absolute atomic E-state index is 0.124. The number of nitrogens with zero attached hydrogens (tertiary/aromatic N) is 1. The lowest BCUT2D eigenvalue weighted by molar-refractivity contribution is 0.276. The zero-order chi connectivity index (χ0) is 16.7. The smallest absolute Gasteiger partial charge is 0.231 e. The fourth-order valence-corrected chi connectivity index (χ4v) is 3.64. The molecular weight excluding hydrogens is 306 g/mol. The van der Waals surface area contributed by atoms with Crippen molar-refractivity contribution in [3.63, 3.8) is 0 Å². The van der Waals surface area contributed by atoms with Gasteiger partial charge in [0.2, 0.25) is 5.90 Å². The third-order valence-corrected chi connectivity index (χ3v) is 5.02. The molecule has 0 radical (unpaired) electrons.